The van der Waals surface area contributed by atoms with E-state index < -0.39 is 0 Å². The van der Waals surface area contributed by atoms with Gasteiger partial charge in [0, 0.05) is 25.0 Å². The molecule has 0 unspecified atom stereocenters. The van der Waals surface area contributed by atoms with E-state index in [0.29, 0.717) is 6.42 Å². The van der Waals surface area contributed by atoms with Gasteiger partial charge in [-0.3, -0.25) is 4.79 Å². The molecule has 1 aromatic rings. The lowest BCUT2D eigenvalue weighted by Crippen LogP contribution is -2.26. The number of hydrogen-bond acceptors (Lipinski definition) is 2. The van der Waals surface area contributed by atoms with Crippen LogP contribution in [0, 0.1) is 0 Å². The van der Waals surface area contributed by atoms with Crippen molar-refractivity contribution in [2.45, 2.75) is 142 Å². The summed E-state index contributed by atoms with van der Waals surface area (Å²) in [5.74, 6) is -0.175. The zero-order chi connectivity index (χ0) is 25.5. The number of fused-ring (bicyclic) bond motifs is 1. The van der Waals surface area contributed by atoms with Crippen LogP contribution in [-0.2, 0) is 21.4 Å². The second kappa shape index (κ2) is 16.2. The third kappa shape index (κ3) is 9.73. The highest BCUT2D eigenvalue weighted by molar-refractivity contribution is 5.93. The molecule has 0 atom stereocenters. The molecule has 0 bridgehead atoms. The predicted octanol–water partition coefficient (Wildman–Crippen LogP) is 9.06. The first-order valence-corrected chi connectivity index (χ1v) is 14.7. The van der Waals surface area contributed by atoms with E-state index in [0.717, 1.165) is 12.1 Å². The van der Waals surface area contributed by atoms with Crippen LogP contribution in [-0.4, -0.2) is 29.9 Å². The topological polar surface area (TPSA) is 29.3 Å². The van der Waals surface area contributed by atoms with Crippen molar-refractivity contribution in [2.24, 2.45) is 0 Å². The fourth-order valence-corrected chi connectivity index (χ4v) is 5.49. The molecular weight excluding hydrogens is 430 g/mol. The number of methoxy groups -OCH3 is 1. The highest BCUT2D eigenvalue weighted by atomic mass is 16.5. The number of rotatable bonds is 19. The summed E-state index contributed by atoms with van der Waals surface area (Å²) in [7, 11) is 1.46. The smallest absolute Gasteiger partial charge is 0.309 e. The monoisotopic (exact) mass is 484 g/mol. The molecule has 3 heteroatoms. The molecule has 1 heterocycles. The largest absolute Gasteiger partial charge is 0.469 e. The lowest BCUT2D eigenvalue weighted by Gasteiger charge is -2.15. The minimum atomic E-state index is -0.175. The number of benzene rings is 1. The van der Waals surface area contributed by atoms with E-state index in [1.165, 1.54) is 127 Å². The Morgan fingerprint density at radius 2 is 1.29 bits per heavy atom. The van der Waals surface area contributed by atoms with Crippen molar-refractivity contribution >= 4 is 17.4 Å². The van der Waals surface area contributed by atoms with Gasteiger partial charge >= 0.3 is 5.97 Å². The average Bonchev–Trinajstić information content (AvgIpc) is 3.03. The number of ether oxygens (including phenoxy) is 1. The van der Waals surface area contributed by atoms with Gasteiger partial charge in [0.1, 0.15) is 6.54 Å². The molecule has 198 valence electrons. The standard InChI is InChI=1S/C32H54NO2/c1-6-7-8-9-10-11-12-13-14-15-16-17-18-19-20-21-24-33-27(2)32(3,4)29-25-28(22-23-30(29)33)26-31(34)35-5/h22-23,25H,6-21,24,26H2,1-5H3/q+1. The van der Waals surface area contributed by atoms with E-state index >= 15 is 0 Å². The van der Waals surface area contributed by atoms with Crippen LogP contribution in [0.1, 0.15) is 142 Å². The molecule has 1 aliphatic rings. The van der Waals surface area contributed by atoms with Crippen molar-refractivity contribution in [3.8, 4) is 0 Å². The number of nitrogens with zero attached hydrogens (tertiary/aromatic N) is 1. The Bertz CT molecular complexity index is 793. The van der Waals surface area contributed by atoms with Crippen LogP contribution in [0.2, 0.25) is 0 Å². The number of unbranched alkanes of at least 4 members (excludes halogenated alkanes) is 15. The first-order chi connectivity index (χ1) is 16.9. The summed E-state index contributed by atoms with van der Waals surface area (Å²) in [6, 6.07) is 6.51. The molecule has 0 radical (unpaired) electrons. The van der Waals surface area contributed by atoms with Gasteiger partial charge in [-0.05, 0) is 31.9 Å². The van der Waals surface area contributed by atoms with Crippen molar-refractivity contribution < 1.29 is 14.1 Å². The SMILES string of the molecule is CCCCCCCCCCCCCCCCCC[N+]1=C(C)C(C)(C)c2cc(CC(=O)OC)ccc21. The van der Waals surface area contributed by atoms with Crippen LogP contribution in [0.25, 0.3) is 0 Å². The Morgan fingerprint density at radius 1 is 0.800 bits per heavy atom. The Hall–Kier alpha value is -1.64. The van der Waals surface area contributed by atoms with Gasteiger partial charge in [0.05, 0.1) is 18.9 Å². The second-order valence-corrected chi connectivity index (χ2v) is 11.3. The van der Waals surface area contributed by atoms with Crippen molar-refractivity contribution in [3.63, 3.8) is 0 Å². The zero-order valence-electron chi connectivity index (χ0n) is 23.7. The van der Waals surface area contributed by atoms with Crippen LogP contribution in [0.5, 0.6) is 0 Å². The molecule has 0 aliphatic carbocycles. The van der Waals surface area contributed by atoms with Gasteiger partial charge in [-0.2, -0.15) is 4.58 Å². The number of esters is 1. The number of hydrogen-bond donors (Lipinski definition) is 0. The van der Waals surface area contributed by atoms with E-state index in [9.17, 15) is 4.79 Å². The van der Waals surface area contributed by atoms with Crippen LogP contribution in [0.4, 0.5) is 5.69 Å². The van der Waals surface area contributed by atoms with E-state index in [2.05, 4.69) is 50.5 Å². The Labute approximate surface area is 216 Å². The van der Waals surface area contributed by atoms with Gasteiger partial charge < -0.3 is 4.74 Å². The Kier molecular flexibility index (Phi) is 13.7. The average molecular weight is 485 g/mol. The van der Waals surface area contributed by atoms with Crippen LogP contribution in [0.3, 0.4) is 0 Å². The van der Waals surface area contributed by atoms with Gasteiger partial charge in [0.25, 0.3) is 0 Å². The van der Waals surface area contributed by atoms with E-state index in [4.69, 9.17) is 4.74 Å². The van der Waals surface area contributed by atoms with Crippen LogP contribution >= 0.6 is 0 Å². The summed E-state index contributed by atoms with van der Waals surface area (Å²) in [6.07, 6.45) is 22.8. The van der Waals surface area contributed by atoms with Gasteiger partial charge in [0.15, 0.2) is 5.71 Å². The third-order valence-electron chi connectivity index (χ3n) is 8.15. The van der Waals surface area contributed by atoms with Crippen molar-refractivity contribution in [1.29, 1.82) is 0 Å². The summed E-state index contributed by atoms with van der Waals surface area (Å²) >= 11 is 0. The van der Waals surface area contributed by atoms with Crippen LogP contribution in [0.15, 0.2) is 18.2 Å². The number of carbonyl (C=O) groups excluding carboxylic acids is 1. The van der Waals surface area contributed by atoms with Crippen molar-refractivity contribution in [1.82, 2.24) is 0 Å². The van der Waals surface area contributed by atoms with E-state index in [1.807, 2.05) is 0 Å². The van der Waals surface area contributed by atoms with E-state index in [-0.39, 0.29) is 11.4 Å². The molecule has 35 heavy (non-hydrogen) atoms. The number of carbonyl (C=O) groups is 1. The molecule has 0 saturated carbocycles. The predicted molar refractivity (Wildman–Crippen MR) is 150 cm³/mol. The zero-order valence-corrected chi connectivity index (χ0v) is 23.7. The quantitative estimate of drug-likeness (QED) is 0.111. The summed E-state index contributed by atoms with van der Waals surface area (Å²) in [6.45, 7) is 10.3. The summed E-state index contributed by atoms with van der Waals surface area (Å²) < 4.78 is 7.37. The molecule has 2 rings (SSSR count). The Balaban J connectivity index is 1.58. The van der Waals surface area contributed by atoms with Gasteiger partial charge in [-0.25, -0.2) is 0 Å². The normalized spacial score (nSPS) is 14.4. The summed E-state index contributed by atoms with van der Waals surface area (Å²) in [4.78, 5) is 11.7. The second-order valence-electron chi connectivity index (χ2n) is 11.3. The van der Waals surface area contributed by atoms with Gasteiger partial charge in [0.2, 0.25) is 5.69 Å². The molecule has 0 aromatic heterocycles. The third-order valence-corrected chi connectivity index (χ3v) is 8.15. The maximum Gasteiger partial charge on any atom is 0.309 e. The highest BCUT2D eigenvalue weighted by Crippen LogP contribution is 2.40. The first-order valence-electron chi connectivity index (χ1n) is 14.7. The fraction of sp³-hybridized carbons (Fsp3) is 0.750. The maximum atomic E-state index is 11.7. The molecule has 0 saturated heterocycles. The molecule has 0 spiro atoms. The molecule has 0 fully saturated rings. The minimum absolute atomic E-state index is 0.0104. The lowest BCUT2D eigenvalue weighted by atomic mass is 9.81. The Morgan fingerprint density at radius 3 is 1.77 bits per heavy atom. The minimum Gasteiger partial charge on any atom is -0.469 e. The molecular formula is C32H54NO2+. The van der Waals surface area contributed by atoms with Crippen molar-refractivity contribution in [2.75, 3.05) is 13.7 Å². The highest BCUT2D eigenvalue weighted by Gasteiger charge is 2.42. The summed E-state index contributed by atoms with van der Waals surface area (Å²) in [5, 5.41) is 0. The molecule has 0 N–H and O–H groups in total. The molecule has 1 aromatic carbocycles. The van der Waals surface area contributed by atoms with Gasteiger partial charge in [-0.15, -0.1) is 0 Å². The first kappa shape index (κ1) is 29.6. The van der Waals surface area contributed by atoms with Crippen molar-refractivity contribution in [3.05, 3.63) is 29.3 Å². The maximum absolute atomic E-state index is 11.7. The van der Waals surface area contributed by atoms with E-state index in [1.54, 1.807) is 0 Å². The molecule has 1 aliphatic heterocycles. The summed E-state index contributed by atoms with van der Waals surface area (Å²) in [5.41, 5.74) is 5.13. The van der Waals surface area contributed by atoms with Gasteiger partial charge in [-0.1, -0.05) is 103 Å². The lowest BCUT2D eigenvalue weighted by molar-refractivity contribution is -0.439. The van der Waals surface area contributed by atoms with Crippen LogP contribution < -0.4 is 0 Å². The fourth-order valence-electron chi connectivity index (χ4n) is 5.49. The molecule has 0 amide bonds. The molecule has 3 nitrogen and oxygen atoms in total.